The Morgan fingerprint density at radius 2 is 0.609 bits per heavy atom. The van der Waals surface area contributed by atoms with Gasteiger partial charge in [0.1, 0.15) is 6.10 Å². The molecular formula is C63H125NO5. The Morgan fingerprint density at radius 1 is 0.362 bits per heavy atom. The molecule has 69 heavy (non-hydrogen) atoms. The van der Waals surface area contributed by atoms with Crippen molar-refractivity contribution in [2.24, 2.45) is 0 Å². The monoisotopic (exact) mass is 976 g/mol. The molecule has 0 saturated carbocycles. The molecule has 3 atom stereocenters. The van der Waals surface area contributed by atoms with Crippen LogP contribution in [0.25, 0.3) is 0 Å². The molecular weight excluding hydrogens is 851 g/mol. The largest absolute Gasteiger partial charge is 0.462 e. The quantitative estimate of drug-likeness (QED) is 0.0417. The van der Waals surface area contributed by atoms with Crippen LogP contribution in [0.4, 0.5) is 0 Å². The van der Waals surface area contributed by atoms with Crippen LogP contribution in [0, 0.1) is 0 Å². The first-order valence-electron chi connectivity index (χ1n) is 31.8. The highest BCUT2D eigenvalue weighted by atomic mass is 16.5. The van der Waals surface area contributed by atoms with Gasteiger partial charge in [0.2, 0.25) is 5.91 Å². The van der Waals surface area contributed by atoms with Gasteiger partial charge >= 0.3 is 5.97 Å². The van der Waals surface area contributed by atoms with Gasteiger partial charge in [-0.15, -0.1) is 0 Å². The lowest BCUT2D eigenvalue weighted by atomic mass is 10.0. The summed E-state index contributed by atoms with van der Waals surface area (Å²) < 4.78 is 5.99. The van der Waals surface area contributed by atoms with Crippen molar-refractivity contribution in [3.05, 3.63) is 0 Å². The second-order valence-electron chi connectivity index (χ2n) is 22.2. The first kappa shape index (κ1) is 67.9. The molecule has 6 heteroatoms. The van der Waals surface area contributed by atoms with Crippen molar-refractivity contribution >= 4 is 11.9 Å². The van der Waals surface area contributed by atoms with Gasteiger partial charge in [0.25, 0.3) is 0 Å². The van der Waals surface area contributed by atoms with Crippen molar-refractivity contribution < 1.29 is 24.5 Å². The molecule has 0 rings (SSSR count). The maximum atomic E-state index is 13.3. The van der Waals surface area contributed by atoms with E-state index in [1.807, 2.05) is 0 Å². The van der Waals surface area contributed by atoms with Gasteiger partial charge in [-0.2, -0.15) is 0 Å². The molecule has 0 aliphatic carbocycles. The number of nitrogens with one attached hydrogen (secondary N) is 1. The lowest BCUT2D eigenvalue weighted by Crippen LogP contribution is -2.46. The zero-order valence-corrected chi connectivity index (χ0v) is 47.2. The minimum atomic E-state index is -0.781. The maximum absolute atomic E-state index is 13.3. The first-order chi connectivity index (χ1) is 34.0. The summed E-state index contributed by atoms with van der Waals surface area (Å²) in [6.45, 7) is 6.56. The van der Waals surface area contributed by atoms with Crippen molar-refractivity contribution in [1.29, 1.82) is 0 Å². The van der Waals surface area contributed by atoms with Crippen molar-refractivity contribution in [2.75, 3.05) is 6.61 Å². The van der Waals surface area contributed by atoms with E-state index >= 15 is 0 Å². The standard InChI is InChI=1S/C63H125NO5/c1-4-7-10-13-16-19-22-25-28-30-31-33-35-38-41-44-47-50-53-56-63(68)69-59(54-51-48-45-42-39-36-27-24-21-18-15-12-9-6-3)57-62(67)64-60(58-65)61(66)55-52-49-46-43-40-37-34-32-29-26-23-20-17-14-11-8-5-2/h59-61,65-66H,4-58H2,1-3H3,(H,64,67). The Hall–Kier alpha value is -1.14. The summed E-state index contributed by atoms with van der Waals surface area (Å²) >= 11 is 0. The predicted molar refractivity (Wildman–Crippen MR) is 301 cm³/mol. The number of amides is 1. The van der Waals surface area contributed by atoms with E-state index in [4.69, 9.17) is 4.74 Å². The zero-order valence-electron chi connectivity index (χ0n) is 47.2. The van der Waals surface area contributed by atoms with Crippen LogP contribution in [0.5, 0.6) is 0 Å². The molecule has 0 aromatic rings. The molecule has 3 N–H and O–H groups in total. The number of aliphatic hydroxyl groups excluding tert-OH is 2. The van der Waals surface area contributed by atoms with Gasteiger partial charge in [-0.3, -0.25) is 9.59 Å². The number of carbonyl (C=O) groups is 2. The topological polar surface area (TPSA) is 95.9 Å². The van der Waals surface area contributed by atoms with Gasteiger partial charge in [-0.1, -0.05) is 329 Å². The van der Waals surface area contributed by atoms with Crippen molar-refractivity contribution in [3.63, 3.8) is 0 Å². The average Bonchev–Trinajstić information content (AvgIpc) is 3.34. The van der Waals surface area contributed by atoms with E-state index in [1.54, 1.807) is 0 Å². The maximum Gasteiger partial charge on any atom is 0.306 e. The molecule has 0 aromatic heterocycles. The number of rotatable bonds is 59. The first-order valence-corrected chi connectivity index (χ1v) is 31.8. The summed E-state index contributed by atoms with van der Waals surface area (Å²) in [5.74, 6) is -0.440. The fourth-order valence-corrected chi connectivity index (χ4v) is 10.4. The van der Waals surface area contributed by atoms with Crippen LogP contribution in [-0.4, -0.2) is 46.9 Å². The number of hydrogen-bond donors (Lipinski definition) is 3. The summed E-state index contributed by atoms with van der Waals surface area (Å²) in [4.78, 5) is 26.4. The predicted octanol–water partition coefficient (Wildman–Crippen LogP) is 19.9. The van der Waals surface area contributed by atoms with Crippen LogP contribution < -0.4 is 5.32 Å². The van der Waals surface area contributed by atoms with Crippen LogP contribution in [-0.2, 0) is 14.3 Å². The highest BCUT2D eigenvalue weighted by molar-refractivity contribution is 5.77. The molecule has 0 aromatic carbocycles. The third kappa shape index (κ3) is 53.0. The Morgan fingerprint density at radius 3 is 0.884 bits per heavy atom. The average molecular weight is 977 g/mol. The molecule has 3 unspecified atom stereocenters. The van der Waals surface area contributed by atoms with Gasteiger partial charge in [0.05, 0.1) is 25.2 Å². The minimum absolute atomic E-state index is 0.0890. The van der Waals surface area contributed by atoms with E-state index in [1.165, 1.54) is 283 Å². The Kier molecular flexibility index (Phi) is 56.8. The second kappa shape index (κ2) is 57.8. The van der Waals surface area contributed by atoms with Crippen molar-refractivity contribution in [2.45, 2.75) is 386 Å². The minimum Gasteiger partial charge on any atom is -0.462 e. The molecule has 0 radical (unpaired) electrons. The highest BCUT2D eigenvalue weighted by Crippen LogP contribution is 2.20. The second-order valence-corrected chi connectivity index (χ2v) is 22.2. The zero-order chi connectivity index (χ0) is 50.2. The summed E-state index contributed by atoms with van der Waals surface area (Å²) in [5, 5.41) is 24.0. The molecule has 0 aliphatic rings. The molecule has 0 aliphatic heterocycles. The summed E-state index contributed by atoms with van der Waals surface area (Å²) in [5.41, 5.74) is 0. The number of aliphatic hydroxyl groups is 2. The van der Waals surface area contributed by atoms with E-state index < -0.39 is 18.2 Å². The van der Waals surface area contributed by atoms with Gasteiger partial charge in [-0.25, -0.2) is 0 Å². The molecule has 0 heterocycles. The Bertz CT molecular complexity index is 1010. The summed E-state index contributed by atoms with van der Waals surface area (Å²) in [6, 6.07) is -0.694. The van der Waals surface area contributed by atoms with Gasteiger partial charge in [0.15, 0.2) is 0 Å². The lowest BCUT2D eigenvalue weighted by molar-refractivity contribution is -0.151. The molecule has 0 spiro atoms. The Labute approximate surface area is 432 Å². The van der Waals surface area contributed by atoms with E-state index in [2.05, 4.69) is 26.1 Å². The smallest absolute Gasteiger partial charge is 0.306 e. The van der Waals surface area contributed by atoms with Gasteiger partial charge in [-0.05, 0) is 25.7 Å². The summed E-state index contributed by atoms with van der Waals surface area (Å²) in [7, 11) is 0. The van der Waals surface area contributed by atoms with Crippen molar-refractivity contribution in [3.8, 4) is 0 Å². The van der Waals surface area contributed by atoms with E-state index in [0.29, 0.717) is 19.3 Å². The molecule has 0 bridgehead atoms. The van der Waals surface area contributed by atoms with Crippen LogP contribution in [0.1, 0.15) is 367 Å². The highest BCUT2D eigenvalue weighted by Gasteiger charge is 2.24. The van der Waals surface area contributed by atoms with Crippen LogP contribution >= 0.6 is 0 Å². The molecule has 0 fully saturated rings. The third-order valence-corrected chi connectivity index (χ3v) is 15.2. The molecule has 412 valence electrons. The third-order valence-electron chi connectivity index (χ3n) is 15.2. The van der Waals surface area contributed by atoms with E-state index in [0.717, 1.165) is 38.5 Å². The molecule has 1 amide bonds. The number of ether oxygens (including phenoxy) is 1. The normalized spacial score (nSPS) is 12.9. The number of esters is 1. The molecule has 6 nitrogen and oxygen atoms in total. The number of hydrogen-bond acceptors (Lipinski definition) is 5. The van der Waals surface area contributed by atoms with Gasteiger partial charge < -0.3 is 20.3 Å². The fourth-order valence-electron chi connectivity index (χ4n) is 10.4. The van der Waals surface area contributed by atoms with E-state index in [-0.39, 0.29) is 24.9 Å². The lowest BCUT2D eigenvalue weighted by Gasteiger charge is -2.24. The fraction of sp³-hybridized carbons (Fsp3) is 0.968. The van der Waals surface area contributed by atoms with Gasteiger partial charge in [0, 0.05) is 6.42 Å². The van der Waals surface area contributed by atoms with Crippen LogP contribution in [0.15, 0.2) is 0 Å². The van der Waals surface area contributed by atoms with E-state index in [9.17, 15) is 19.8 Å². The summed E-state index contributed by atoms with van der Waals surface area (Å²) in [6.07, 6.45) is 66.1. The van der Waals surface area contributed by atoms with Crippen LogP contribution in [0.3, 0.4) is 0 Å². The van der Waals surface area contributed by atoms with Crippen molar-refractivity contribution in [1.82, 2.24) is 5.32 Å². The Balaban J connectivity index is 4.42. The molecule has 0 saturated heterocycles. The number of unbranched alkanes of at least 4 members (excludes halogenated alkanes) is 47. The van der Waals surface area contributed by atoms with Crippen LogP contribution in [0.2, 0.25) is 0 Å². The SMILES string of the molecule is CCCCCCCCCCCCCCCCCCCCCC(=O)OC(CCCCCCCCCCCCCCCC)CC(=O)NC(CO)C(O)CCCCCCCCCCCCCCCCCCC. The number of carbonyl (C=O) groups excluding carboxylic acids is 2.